The van der Waals surface area contributed by atoms with Gasteiger partial charge in [-0.05, 0) is 18.2 Å². The smallest absolute Gasteiger partial charge is 0.311 e. The molecule has 0 aliphatic carbocycles. The van der Waals surface area contributed by atoms with E-state index in [1.165, 1.54) is 12.3 Å². The molecule has 0 amide bonds. The maximum atomic E-state index is 13.0. The molecule has 0 spiro atoms. The molecule has 1 heterocycles. The number of imidazole rings is 1. The van der Waals surface area contributed by atoms with E-state index < -0.39 is 17.6 Å². The third-order valence-corrected chi connectivity index (χ3v) is 2.18. The van der Waals surface area contributed by atoms with Crippen LogP contribution in [0.3, 0.4) is 0 Å². The van der Waals surface area contributed by atoms with Crippen LogP contribution in [0.25, 0.3) is 11.3 Å². The van der Waals surface area contributed by atoms with Crippen molar-refractivity contribution in [3.05, 3.63) is 41.9 Å². The van der Waals surface area contributed by atoms with Crippen molar-refractivity contribution in [2.24, 2.45) is 0 Å². The Morgan fingerprint density at radius 3 is 2.76 bits per heavy atom. The Morgan fingerprint density at radius 1 is 1.35 bits per heavy atom. The molecule has 0 aliphatic rings. The van der Waals surface area contributed by atoms with Crippen LogP contribution in [0.5, 0.6) is 0 Å². The highest BCUT2D eigenvalue weighted by Crippen LogP contribution is 2.19. The fraction of sp³-hybridized carbons (Fsp3) is 0.0909. The Balaban J connectivity index is 2.30. The van der Waals surface area contributed by atoms with Crippen molar-refractivity contribution >= 4 is 5.97 Å². The zero-order valence-electron chi connectivity index (χ0n) is 8.58. The van der Waals surface area contributed by atoms with Gasteiger partial charge in [-0.25, -0.2) is 13.8 Å². The molecule has 0 unspecified atom stereocenters. The highest BCUT2D eigenvalue weighted by molar-refractivity contribution is 5.69. The van der Waals surface area contributed by atoms with Crippen LogP contribution in [-0.4, -0.2) is 21.0 Å². The van der Waals surface area contributed by atoms with Gasteiger partial charge in [0.15, 0.2) is 11.6 Å². The first-order chi connectivity index (χ1) is 8.06. The van der Waals surface area contributed by atoms with E-state index in [2.05, 4.69) is 9.97 Å². The quantitative estimate of drug-likeness (QED) is 0.859. The lowest BCUT2D eigenvalue weighted by Crippen LogP contribution is -2.01. The van der Waals surface area contributed by atoms with Gasteiger partial charge in [-0.15, -0.1) is 0 Å². The summed E-state index contributed by atoms with van der Waals surface area (Å²) >= 11 is 0. The number of nitrogens with one attached hydrogen (secondary N) is 1. The number of hydrogen-bond acceptors (Lipinski definition) is 2. The number of carboxylic acid groups (broad SMARTS) is 1. The molecule has 88 valence electrons. The minimum atomic E-state index is -1.02. The van der Waals surface area contributed by atoms with Crippen molar-refractivity contribution in [3.63, 3.8) is 0 Å². The molecule has 0 atom stereocenters. The van der Waals surface area contributed by atoms with Gasteiger partial charge >= 0.3 is 5.97 Å². The molecule has 0 saturated carbocycles. The molecule has 6 heteroatoms. The highest BCUT2D eigenvalue weighted by atomic mass is 19.2. The predicted octanol–water partition coefficient (Wildman–Crippen LogP) is 1.98. The first kappa shape index (κ1) is 11.3. The van der Waals surface area contributed by atoms with Crippen LogP contribution < -0.4 is 0 Å². The van der Waals surface area contributed by atoms with E-state index in [1.54, 1.807) is 0 Å². The number of halogens is 2. The summed E-state index contributed by atoms with van der Waals surface area (Å²) in [5, 5.41) is 8.56. The zero-order valence-corrected chi connectivity index (χ0v) is 8.58. The number of H-pyrrole nitrogens is 1. The number of carbonyl (C=O) groups is 1. The Hall–Kier alpha value is -2.24. The highest BCUT2D eigenvalue weighted by Gasteiger charge is 2.09. The van der Waals surface area contributed by atoms with Crippen LogP contribution in [0.2, 0.25) is 0 Å². The van der Waals surface area contributed by atoms with Crippen molar-refractivity contribution < 1.29 is 18.7 Å². The lowest BCUT2D eigenvalue weighted by Gasteiger charge is -1.98. The Labute approximate surface area is 94.9 Å². The van der Waals surface area contributed by atoms with Crippen molar-refractivity contribution in [2.75, 3.05) is 0 Å². The second kappa shape index (κ2) is 4.32. The van der Waals surface area contributed by atoms with E-state index in [0.717, 1.165) is 12.1 Å². The fourth-order valence-corrected chi connectivity index (χ4v) is 1.41. The average molecular weight is 238 g/mol. The molecule has 0 saturated heterocycles. The van der Waals surface area contributed by atoms with E-state index in [9.17, 15) is 13.6 Å². The van der Waals surface area contributed by atoms with Crippen molar-refractivity contribution in [1.82, 2.24) is 9.97 Å². The SMILES string of the molecule is O=C(O)Cc1ncc(-c2ccc(F)c(F)c2)[nH]1. The summed E-state index contributed by atoms with van der Waals surface area (Å²) in [7, 11) is 0. The molecule has 1 aromatic heterocycles. The van der Waals surface area contributed by atoms with E-state index in [1.807, 2.05) is 0 Å². The number of carboxylic acids is 1. The summed E-state index contributed by atoms with van der Waals surface area (Å²) in [6.45, 7) is 0. The summed E-state index contributed by atoms with van der Waals surface area (Å²) in [6, 6.07) is 3.41. The minimum absolute atomic E-state index is 0.246. The molecular weight excluding hydrogens is 230 g/mol. The van der Waals surface area contributed by atoms with Gasteiger partial charge in [0.2, 0.25) is 0 Å². The summed E-state index contributed by atoms with van der Waals surface area (Å²) in [5.74, 6) is -2.65. The standard InChI is InChI=1S/C11H8F2N2O2/c12-7-2-1-6(3-8(7)13)9-5-14-10(15-9)4-11(16)17/h1-3,5H,4H2,(H,14,15)(H,16,17). The maximum absolute atomic E-state index is 13.0. The van der Waals surface area contributed by atoms with Crippen LogP contribution in [0, 0.1) is 11.6 Å². The Morgan fingerprint density at radius 2 is 2.12 bits per heavy atom. The normalized spacial score (nSPS) is 10.5. The second-order valence-electron chi connectivity index (χ2n) is 3.44. The Kier molecular flexibility index (Phi) is 2.86. The molecule has 1 aromatic carbocycles. The second-order valence-corrected chi connectivity index (χ2v) is 3.44. The topological polar surface area (TPSA) is 66.0 Å². The zero-order chi connectivity index (χ0) is 12.4. The first-order valence-electron chi connectivity index (χ1n) is 4.77. The number of aliphatic carboxylic acids is 1. The first-order valence-corrected chi connectivity index (χ1v) is 4.77. The summed E-state index contributed by atoms with van der Waals surface area (Å²) in [5.41, 5.74) is 0.855. The number of nitrogens with zero attached hydrogens (tertiary/aromatic N) is 1. The van der Waals surface area contributed by atoms with E-state index >= 15 is 0 Å². The largest absolute Gasteiger partial charge is 0.481 e. The van der Waals surface area contributed by atoms with Gasteiger partial charge < -0.3 is 10.1 Å². The average Bonchev–Trinajstić information content (AvgIpc) is 2.69. The van der Waals surface area contributed by atoms with Crippen LogP contribution in [0.4, 0.5) is 8.78 Å². The molecule has 0 aliphatic heterocycles. The monoisotopic (exact) mass is 238 g/mol. The number of benzene rings is 1. The number of rotatable bonds is 3. The van der Waals surface area contributed by atoms with Crippen molar-refractivity contribution in [1.29, 1.82) is 0 Å². The van der Waals surface area contributed by atoms with E-state index in [4.69, 9.17) is 5.11 Å². The van der Waals surface area contributed by atoms with E-state index in [-0.39, 0.29) is 12.2 Å². The molecule has 4 nitrogen and oxygen atoms in total. The van der Waals surface area contributed by atoms with Gasteiger partial charge in [-0.2, -0.15) is 0 Å². The van der Waals surface area contributed by atoms with Gasteiger partial charge in [0, 0.05) is 5.56 Å². The number of hydrogen-bond donors (Lipinski definition) is 2. The molecule has 0 fully saturated rings. The summed E-state index contributed by atoms with van der Waals surface area (Å²) in [6.07, 6.45) is 1.13. The summed E-state index contributed by atoms with van der Waals surface area (Å²) < 4.78 is 25.7. The third-order valence-electron chi connectivity index (χ3n) is 2.18. The van der Waals surface area contributed by atoms with Gasteiger partial charge in [0.25, 0.3) is 0 Å². The minimum Gasteiger partial charge on any atom is -0.481 e. The van der Waals surface area contributed by atoms with Crippen molar-refractivity contribution in [3.8, 4) is 11.3 Å². The van der Waals surface area contributed by atoms with Gasteiger partial charge in [0.05, 0.1) is 11.9 Å². The van der Waals surface area contributed by atoms with Crippen LogP contribution in [0.1, 0.15) is 5.82 Å². The van der Waals surface area contributed by atoms with E-state index in [0.29, 0.717) is 11.3 Å². The van der Waals surface area contributed by atoms with Crippen LogP contribution >= 0.6 is 0 Å². The molecule has 0 bridgehead atoms. The predicted molar refractivity (Wildman–Crippen MR) is 55.3 cm³/mol. The summed E-state index contributed by atoms with van der Waals surface area (Å²) in [4.78, 5) is 17.0. The van der Waals surface area contributed by atoms with Gasteiger partial charge in [-0.3, -0.25) is 4.79 Å². The third kappa shape index (κ3) is 2.47. The fourth-order valence-electron chi connectivity index (χ4n) is 1.41. The van der Waals surface area contributed by atoms with Crippen molar-refractivity contribution in [2.45, 2.75) is 6.42 Å². The van der Waals surface area contributed by atoms with Gasteiger partial charge in [-0.1, -0.05) is 0 Å². The molecule has 0 radical (unpaired) electrons. The number of aromatic nitrogens is 2. The Bertz CT molecular complexity index is 566. The molecule has 2 rings (SSSR count). The molecule has 2 N–H and O–H groups in total. The molecular formula is C11H8F2N2O2. The molecule has 17 heavy (non-hydrogen) atoms. The molecule has 2 aromatic rings. The van der Waals surface area contributed by atoms with Gasteiger partial charge in [0.1, 0.15) is 12.2 Å². The maximum Gasteiger partial charge on any atom is 0.311 e. The lowest BCUT2D eigenvalue weighted by atomic mass is 10.1. The number of aromatic amines is 1. The van der Waals surface area contributed by atoms with Crippen LogP contribution in [-0.2, 0) is 11.2 Å². The lowest BCUT2D eigenvalue weighted by molar-refractivity contribution is -0.136. The van der Waals surface area contributed by atoms with Crippen LogP contribution in [0.15, 0.2) is 24.4 Å².